The van der Waals surface area contributed by atoms with Crippen LogP contribution in [0.5, 0.6) is 0 Å². The lowest BCUT2D eigenvalue weighted by Gasteiger charge is -2.21. The van der Waals surface area contributed by atoms with Crippen LogP contribution in [0.4, 0.5) is 17.6 Å². The second-order valence-corrected chi connectivity index (χ2v) is 10.2. The Hall–Kier alpha value is -2.76. The standard InChI is InChI=1S/C23H24F4N4O2S/c1-28-22-10-15-9-21(24)16(11-30-34(32,33)18-12-29-31(2)13-18)8-19(15)20(22)7-14-4-3-5-17(6-14)23(25,26)27/h3-6,8-9,12-13,20,22,28,30H,7,10-11H2,1-2H3. The lowest BCUT2D eigenvalue weighted by Crippen LogP contribution is -2.30. The largest absolute Gasteiger partial charge is 0.416 e. The van der Waals surface area contributed by atoms with Crippen molar-refractivity contribution in [3.8, 4) is 0 Å². The van der Waals surface area contributed by atoms with Crippen LogP contribution in [0.3, 0.4) is 0 Å². The highest BCUT2D eigenvalue weighted by Crippen LogP contribution is 2.38. The summed E-state index contributed by atoms with van der Waals surface area (Å²) in [6.07, 6.45) is -1.05. The summed E-state index contributed by atoms with van der Waals surface area (Å²) in [7, 11) is -0.539. The predicted octanol–water partition coefficient (Wildman–Crippen LogP) is 3.53. The molecule has 2 unspecified atom stereocenters. The van der Waals surface area contributed by atoms with Gasteiger partial charge in [0, 0.05) is 37.3 Å². The minimum atomic E-state index is -4.44. The zero-order chi connectivity index (χ0) is 24.7. The Balaban J connectivity index is 1.60. The van der Waals surface area contributed by atoms with E-state index in [0.717, 1.165) is 23.3 Å². The van der Waals surface area contributed by atoms with Crippen molar-refractivity contribution < 1.29 is 26.0 Å². The number of nitrogens with zero attached hydrogens (tertiary/aromatic N) is 2. The molecule has 34 heavy (non-hydrogen) atoms. The average Bonchev–Trinajstić information content (AvgIpc) is 3.35. The van der Waals surface area contributed by atoms with Crippen LogP contribution in [0.2, 0.25) is 0 Å². The second kappa shape index (κ2) is 9.12. The zero-order valence-corrected chi connectivity index (χ0v) is 19.3. The topological polar surface area (TPSA) is 76.0 Å². The number of alkyl halides is 3. The summed E-state index contributed by atoms with van der Waals surface area (Å²) in [5.74, 6) is -0.736. The van der Waals surface area contributed by atoms with E-state index in [2.05, 4.69) is 15.1 Å². The van der Waals surface area contributed by atoms with Crippen molar-refractivity contribution in [3.63, 3.8) is 0 Å². The van der Waals surface area contributed by atoms with E-state index in [4.69, 9.17) is 0 Å². The second-order valence-electron chi connectivity index (χ2n) is 8.42. The zero-order valence-electron chi connectivity index (χ0n) is 18.5. The predicted molar refractivity (Wildman–Crippen MR) is 118 cm³/mol. The summed E-state index contributed by atoms with van der Waals surface area (Å²) in [5.41, 5.74) is 1.53. The lowest BCUT2D eigenvalue weighted by atomic mass is 9.89. The number of halogens is 4. The first-order chi connectivity index (χ1) is 16.0. The summed E-state index contributed by atoms with van der Waals surface area (Å²) >= 11 is 0. The maximum Gasteiger partial charge on any atom is 0.416 e. The molecule has 1 aliphatic rings. The molecule has 0 saturated heterocycles. The maximum atomic E-state index is 14.8. The fraction of sp³-hybridized carbons (Fsp3) is 0.348. The van der Waals surface area contributed by atoms with E-state index in [-0.39, 0.29) is 29.0 Å². The van der Waals surface area contributed by atoms with Gasteiger partial charge in [-0.3, -0.25) is 4.68 Å². The molecule has 0 radical (unpaired) electrons. The lowest BCUT2D eigenvalue weighted by molar-refractivity contribution is -0.137. The van der Waals surface area contributed by atoms with Gasteiger partial charge in [-0.2, -0.15) is 18.3 Å². The van der Waals surface area contributed by atoms with Gasteiger partial charge in [0.05, 0.1) is 11.8 Å². The van der Waals surface area contributed by atoms with Crippen molar-refractivity contribution in [2.24, 2.45) is 7.05 Å². The fourth-order valence-corrected chi connectivity index (χ4v) is 5.40. The Morgan fingerprint density at radius 2 is 1.97 bits per heavy atom. The number of aryl methyl sites for hydroxylation is 1. The van der Waals surface area contributed by atoms with Crippen molar-refractivity contribution >= 4 is 10.0 Å². The monoisotopic (exact) mass is 496 g/mol. The van der Waals surface area contributed by atoms with E-state index in [9.17, 15) is 26.0 Å². The molecule has 11 heteroatoms. The van der Waals surface area contributed by atoms with Crippen molar-refractivity contribution in [2.45, 2.75) is 42.4 Å². The highest BCUT2D eigenvalue weighted by Gasteiger charge is 2.34. The van der Waals surface area contributed by atoms with Crippen molar-refractivity contribution in [2.75, 3.05) is 7.05 Å². The summed E-state index contributed by atoms with van der Waals surface area (Å²) in [6.45, 7) is -0.267. The number of nitrogens with one attached hydrogen (secondary N) is 2. The molecule has 2 atom stereocenters. The van der Waals surface area contributed by atoms with E-state index < -0.39 is 27.6 Å². The first kappa shape index (κ1) is 24.4. The number of benzene rings is 2. The number of likely N-dealkylation sites (N-methyl/N-ethyl adjacent to an activating group) is 1. The summed E-state index contributed by atoms with van der Waals surface area (Å²) in [6, 6.07) is 8.11. The molecule has 2 N–H and O–H groups in total. The third kappa shape index (κ3) is 5.01. The third-order valence-corrected chi connectivity index (χ3v) is 7.51. The summed E-state index contributed by atoms with van der Waals surface area (Å²) < 4.78 is 83.0. The smallest absolute Gasteiger partial charge is 0.316 e. The summed E-state index contributed by atoms with van der Waals surface area (Å²) in [5, 5.41) is 7.02. The molecule has 1 heterocycles. The first-order valence-corrected chi connectivity index (χ1v) is 12.1. The molecule has 3 aromatic rings. The van der Waals surface area contributed by atoms with Crippen molar-refractivity contribution in [1.82, 2.24) is 19.8 Å². The third-order valence-electron chi connectivity index (χ3n) is 6.16. The minimum absolute atomic E-state index is 0.0331. The molecule has 4 rings (SSSR count). The molecule has 0 spiro atoms. The molecule has 0 aliphatic heterocycles. The first-order valence-electron chi connectivity index (χ1n) is 10.6. The molecule has 0 saturated carbocycles. The van der Waals surface area contributed by atoms with Crippen LogP contribution in [-0.4, -0.2) is 31.3 Å². The van der Waals surface area contributed by atoms with E-state index in [1.165, 1.54) is 29.2 Å². The van der Waals surface area contributed by atoms with E-state index in [1.54, 1.807) is 26.2 Å². The van der Waals surface area contributed by atoms with Gasteiger partial charge >= 0.3 is 6.18 Å². The normalized spacial score (nSPS) is 18.3. The Morgan fingerprint density at radius 1 is 1.21 bits per heavy atom. The van der Waals surface area contributed by atoms with Crippen LogP contribution in [0.1, 0.15) is 33.7 Å². The van der Waals surface area contributed by atoms with Gasteiger partial charge in [0.25, 0.3) is 0 Å². The van der Waals surface area contributed by atoms with Crippen LogP contribution < -0.4 is 10.0 Å². The molecular weight excluding hydrogens is 472 g/mol. The Morgan fingerprint density at radius 3 is 2.62 bits per heavy atom. The maximum absolute atomic E-state index is 14.8. The van der Waals surface area contributed by atoms with Gasteiger partial charge in [0.15, 0.2) is 0 Å². The Bertz CT molecular complexity index is 1300. The number of sulfonamides is 1. The Kier molecular flexibility index (Phi) is 6.54. The van der Waals surface area contributed by atoms with Gasteiger partial charge in [0.1, 0.15) is 10.7 Å². The van der Waals surface area contributed by atoms with Gasteiger partial charge in [-0.15, -0.1) is 0 Å². The molecule has 0 amide bonds. The highest BCUT2D eigenvalue weighted by molar-refractivity contribution is 7.89. The van der Waals surface area contributed by atoms with Crippen LogP contribution in [-0.2, 0) is 42.6 Å². The number of aromatic nitrogens is 2. The fourth-order valence-electron chi connectivity index (χ4n) is 4.41. The molecule has 1 aliphatic carbocycles. The number of hydrogen-bond donors (Lipinski definition) is 2. The number of hydrogen-bond acceptors (Lipinski definition) is 4. The van der Waals surface area contributed by atoms with E-state index in [1.807, 2.05) is 0 Å². The molecule has 0 bridgehead atoms. The number of rotatable bonds is 7. The van der Waals surface area contributed by atoms with E-state index in [0.29, 0.717) is 18.4 Å². The highest BCUT2D eigenvalue weighted by atomic mass is 32.2. The van der Waals surface area contributed by atoms with Crippen LogP contribution >= 0.6 is 0 Å². The molecule has 2 aromatic carbocycles. The van der Waals surface area contributed by atoms with Gasteiger partial charge in [-0.25, -0.2) is 17.5 Å². The Labute approximate surface area is 195 Å². The molecule has 1 aromatic heterocycles. The SMILES string of the molecule is CNC1Cc2cc(F)c(CNS(=O)(=O)c3cnn(C)c3)cc2C1Cc1cccc(C(F)(F)F)c1. The van der Waals surface area contributed by atoms with Gasteiger partial charge in [0.2, 0.25) is 10.0 Å². The van der Waals surface area contributed by atoms with Gasteiger partial charge < -0.3 is 5.32 Å². The molecule has 182 valence electrons. The molecule has 6 nitrogen and oxygen atoms in total. The molecular formula is C23H24F4N4O2S. The quantitative estimate of drug-likeness (QED) is 0.491. The van der Waals surface area contributed by atoms with Crippen molar-refractivity contribution in [3.05, 3.63) is 82.4 Å². The number of fused-ring (bicyclic) bond motifs is 1. The minimum Gasteiger partial charge on any atom is -0.316 e. The summed E-state index contributed by atoms with van der Waals surface area (Å²) in [4.78, 5) is -0.0331. The average molecular weight is 497 g/mol. The van der Waals surface area contributed by atoms with Gasteiger partial charge in [-0.05, 0) is 48.7 Å². The van der Waals surface area contributed by atoms with Crippen LogP contribution in [0.15, 0.2) is 53.7 Å². The molecule has 0 fully saturated rings. The van der Waals surface area contributed by atoms with E-state index >= 15 is 0 Å². The van der Waals surface area contributed by atoms with Crippen LogP contribution in [0, 0.1) is 5.82 Å². The van der Waals surface area contributed by atoms with Crippen LogP contribution in [0.25, 0.3) is 0 Å². The van der Waals surface area contributed by atoms with Crippen molar-refractivity contribution in [1.29, 1.82) is 0 Å². The van der Waals surface area contributed by atoms with Gasteiger partial charge in [-0.1, -0.05) is 24.3 Å².